The summed E-state index contributed by atoms with van der Waals surface area (Å²) in [5.41, 5.74) is 0.273. The molecule has 4 aliphatic heterocycles. The highest BCUT2D eigenvalue weighted by Crippen LogP contribution is 2.59. The number of likely N-dealkylation sites (tertiary alicyclic amines) is 1. The van der Waals surface area contributed by atoms with Crippen LogP contribution >= 0.6 is 27.5 Å². The van der Waals surface area contributed by atoms with Crippen molar-refractivity contribution in [1.29, 1.82) is 0 Å². The summed E-state index contributed by atoms with van der Waals surface area (Å²) in [5, 5.41) is 13.4. The highest BCUT2D eigenvalue weighted by molar-refractivity contribution is 9.11. The van der Waals surface area contributed by atoms with Gasteiger partial charge in [-0.2, -0.15) is 0 Å². The van der Waals surface area contributed by atoms with Crippen LogP contribution in [0.15, 0.2) is 71.2 Å². The molecule has 2 fully saturated rings. The van der Waals surface area contributed by atoms with E-state index in [-0.39, 0.29) is 32.0 Å². The number of fused-ring (bicyclic) bond motifs is 2. The standard InChI is InChI=1S/C35H37BrClN3O8/c1-20-10-9-13-23(37)28(20)39-15-8-4-7-14-25(42)38-24(19-46-2)29(21-11-5-3-6-12-21)47-34(45)26-27-32(43)40(16-17-41)31(33(39)44)35(27)18-22(36)30(26)48-35/h3-6,8-13,18,24,26-27,29-31,41H,7,14-17,19H2,1-2H3,(H,38,42)/b8-4-/t24-,26+,27-,29-,30+,31+,35-/m0/s1. The molecule has 3 amide bonds. The molecule has 4 heterocycles. The van der Waals surface area contributed by atoms with E-state index < -0.39 is 66.1 Å². The van der Waals surface area contributed by atoms with Crippen LogP contribution in [0, 0.1) is 18.8 Å². The zero-order valence-electron chi connectivity index (χ0n) is 26.5. The van der Waals surface area contributed by atoms with Crippen molar-refractivity contribution in [1.82, 2.24) is 10.2 Å². The van der Waals surface area contributed by atoms with Crippen molar-refractivity contribution in [2.24, 2.45) is 11.8 Å². The first-order valence-corrected chi connectivity index (χ1v) is 17.0. The zero-order valence-corrected chi connectivity index (χ0v) is 28.9. The summed E-state index contributed by atoms with van der Waals surface area (Å²) in [6, 6.07) is 12.3. The van der Waals surface area contributed by atoms with Crippen molar-refractivity contribution in [3.05, 3.63) is 87.4 Å². The number of cyclic esters (lactones) is 1. The van der Waals surface area contributed by atoms with Gasteiger partial charge in [0.25, 0.3) is 5.91 Å². The number of esters is 1. The topological polar surface area (TPSA) is 135 Å². The van der Waals surface area contributed by atoms with Crippen LogP contribution in [0.1, 0.15) is 30.1 Å². The third kappa shape index (κ3) is 5.98. The zero-order chi connectivity index (χ0) is 34.2. The number of amides is 3. The number of hydrogen-bond donors (Lipinski definition) is 2. The Hall–Kier alpha value is -3.55. The van der Waals surface area contributed by atoms with Gasteiger partial charge in [0.2, 0.25) is 11.8 Å². The number of aliphatic hydroxyl groups is 1. The van der Waals surface area contributed by atoms with E-state index in [4.69, 9.17) is 25.8 Å². The number of β-amino-alcohol motifs (C(OH)–C–C–N with tert-alkyl or cyclic N) is 1. The van der Waals surface area contributed by atoms with E-state index in [1.807, 2.05) is 19.1 Å². The van der Waals surface area contributed by atoms with Crippen molar-refractivity contribution in [3.8, 4) is 0 Å². The quantitative estimate of drug-likeness (QED) is 0.339. The van der Waals surface area contributed by atoms with Gasteiger partial charge in [-0.3, -0.25) is 19.2 Å². The Balaban J connectivity index is 1.49. The lowest BCUT2D eigenvalue weighted by Crippen LogP contribution is -2.56. The van der Waals surface area contributed by atoms with E-state index in [0.717, 1.165) is 5.56 Å². The van der Waals surface area contributed by atoms with Crippen LogP contribution in [-0.2, 0) is 33.4 Å². The van der Waals surface area contributed by atoms with Crippen LogP contribution in [0.3, 0.4) is 0 Å². The molecule has 0 radical (unpaired) electrons. The maximum absolute atomic E-state index is 14.9. The summed E-state index contributed by atoms with van der Waals surface area (Å²) < 4.78 is 18.8. The Labute approximate surface area is 292 Å². The first kappa shape index (κ1) is 34.3. The van der Waals surface area contributed by atoms with E-state index >= 15 is 0 Å². The Morgan fingerprint density at radius 2 is 1.83 bits per heavy atom. The van der Waals surface area contributed by atoms with E-state index in [1.54, 1.807) is 54.6 Å². The second-order valence-electron chi connectivity index (χ2n) is 12.3. The molecule has 6 rings (SSSR count). The molecule has 0 aliphatic carbocycles. The number of methoxy groups -OCH3 is 1. The molecular weight excluding hydrogens is 706 g/mol. The van der Waals surface area contributed by atoms with Gasteiger partial charge in [-0.15, -0.1) is 0 Å². The fourth-order valence-corrected chi connectivity index (χ4v) is 8.48. The molecular formula is C35H37BrClN3O8. The summed E-state index contributed by atoms with van der Waals surface area (Å²) in [6.07, 6.45) is 3.91. The number of benzene rings is 2. The van der Waals surface area contributed by atoms with Crippen molar-refractivity contribution in [2.45, 2.75) is 49.7 Å². The normalized spacial score (nSPS) is 31.4. The minimum atomic E-state index is -1.54. The number of carbonyl (C=O) groups is 4. The van der Waals surface area contributed by atoms with Crippen LogP contribution in [0.4, 0.5) is 5.69 Å². The third-order valence-corrected chi connectivity index (χ3v) is 10.4. The molecule has 2 N–H and O–H groups in total. The van der Waals surface area contributed by atoms with Gasteiger partial charge < -0.3 is 34.4 Å². The van der Waals surface area contributed by atoms with Crippen LogP contribution in [-0.4, -0.2) is 90.9 Å². The van der Waals surface area contributed by atoms with Gasteiger partial charge >= 0.3 is 5.97 Å². The Bertz CT molecular complexity index is 1630. The van der Waals surface area contributed by atoms with Crippen LogP contribution in [0.5, 0.6) is 0 Å². The lowest BCUT2D eigenvalue weighted by molar-refractivity contribution is -0.162. The number of hydrogen-bond acceptors (Lipinski definition) is 8. The first-order chi connectivity index (χ1) is 23.1. The number of aliphatic hydroxyl groups excluding tert-OH is 1. The van der Waals surface area contributed by atoms with Gasteiger partial charge in [-0.1, -0.05) is 82.1 Å². The molecule has 0 saturated carbocycles. The molecule has 2 aromatic carbocycles. The molecule has 254 valence electrons. The van der Waals surface area contributed by atoms with Crippen LogP contribution in [0.25, 0.3) is 0 Å². The fraction of sp³-hybridized carbons (Fsp3) is 0.429. The van der Waals surface area contributed by atoms with Crippen LogP contribution in [0.2, 0.25) is 5.02 Å². The molecule has 5 bridgehead atoms. The van der Waals surface area contributed by atoms with Crippen molar-refractivity contribution in [2.75, 3.05) is 38.3 Å². The average molecular weight is 743 g/mol. The molecule has 2 saturated heterocycles. The maximum atomic E-state index is 14.9. The fourth-order valence-electron chi connectivity index (χ4n) is 7.42. The second kappa shape index (κ2) is 14.1. The van der Waals surface area contributed by atoms with E-state index in [9.17, 15) is 24.3 Å². The smallest absolute Gasteiger partial charge is 0.313 e. The molecule has 4 aliphatic rings. The van der Waals surface area contributed by atoms with E-state index in [1.165, 1.54) is 16.9 Å². The number of carbonyl (C=O) groups excluding carboxylic acids is 4. The molecule has 2 aromatic rings. The Morgan fingerprint density at radius 3 is 2.54 bits per heavy atom. The predicted molar refractivity (Wildman–Crippen MR) is 180 cm³/mol. The largest absolute Gasteiger partial charge is 0.455 e. The summed E-state index contributed by atoms with van der Waals surface area (Å²) >= 11 is 10.3. The third-order valence-electron chi connectivity index (χ3n) is 9.42. The van der Waals surface area contributed by atoms with Gasteiger partial charge in [-0.25, -0.2) is 0 Å². The van der Waals surface area contributed by atoms with Gasteiger partial charge in [0.15, 0.2) is 0 Å². The predicted octanol–water partition coefficient (Wildman–Crippen LogP) is 3.61. The van der Waals surface area contributed by atoms with E-state index in [0.29, 0.717) is 27.2 Å². The highest BCUT2D eigenvalue weighted by atomic mass is 79.9. The van der Waals surface area contributed by atoms with Gasteiger partial charge in [0.1, 0.15) is 29.8 Å². The number of ether oxygens (including phenoxy) is 3. The highest BCUT2D eigenvalue weighted by Gasteiger charge is 2.75. The van der Waals surface area contributed by atoms with E-state index in [2.05, 4.69) is 21.2 Å². The monoisotopic (exact) mass is 741 g/mol. The number of allylic oxidation sites excluding steroid dienone is 1. The maximum Gasteiger partial charge on any atom is 0.313 e. The Kier molecular flexibility index (Phi) is 10.1. The molecule has 48 heavy (non-hydrogen) atoms. The minimum Gasteiger partial charge on any atom is -0.455 e. The summed E-state index contributed by atoms with van der Waals surface area (Å²) in [4.78, 5) is 59.6. The van der Waals surface area contributed by atoms with Crippen molar-refractivity contribution in [3.63, 3.8) is 0 Å². The molecule has 11 nitrogen and oxygen atoms in total. The van der Waals surface area contributed by atoms with Crippen LogP contribution < -0.4 is 10.2 Å². The second-order valence-corrected chi connectivity index (χ2v) is 13.7. The number of nitrogens with one attached hydrogen (secondary N) is 1. The molecule has 0 aromatic heterocycles. The number of rotatable bonds is 6. The van der Waals surface area contributed by atoms with Gasteiger partial charge in [0.05, 0.1) is 35.9 Å². The van der Waals surface area contributed by atoms with Gasteiger partial charge in [0, 0.05) is 31.1 Å². The number of anilines is 1. The number of halogens is 2. The summed E-state index contributed by atoms with van der Waals surface area (Å²) in [7, 11) is 1.49. The van der Waals surface area contributed by atoms with Crippen molar-refractivity contribution >= 4 is 56.9 Å². The molecule has 0 unspecified atom stereocenters. The van der Waals surface area contributed by atoms with Gasteiger partial charge in [-0.05, 0) is 36.6 Å². The molecule has 1 spiro atoms. The lowest BCUT2D eigenvalue weighted by Gasteiger charge is -2.36. The minimum absolute atomic E-state index is 0.0436. The molecule has 7 atom stereocenters. The van der Waals surface area contributed by atoms with Crippen molar-refractivity contribution < 1.29 is 38.5 Å². The number of nitrogens with zero attached hydrogens (tertiary/aromatic N) is 2. The summed E-state index contributed by atoms with van der Waals surface area (Å²) in [5.74, 6) is -4.25. The lowest BCUT2D eigenvalue weighted by atomic mass is 9.74. The Morgan fingerprint density at radius 1 is 1.06 bits per heavy atom. The SMILES string of the molecule is COC[C@@H]1NC(=O)CC/C=C\CN(c2c(C)cccc2Cl)C(=O)[C@H]2N(CCO)C(=O)[C@@H]3[C@@H](C(=O)O[C@H]1c1ccccc1)[C@@H]1O[C@@]32C=C1Br. The average Bonchev–Trinajstić information content (AvgIpc) is 3.65. The molecule has 13 heteroatoms. The number of para-hydroxylation sites is 1. The summed E-state index contributed by atoms with van der Waals surface area (Å²) in [6.45, 7) is 1.38. The first-order valence-electron chi connectivity index (χ1n) is 15.9. The number of aryl methyl sites for hydroxylation is 1.